The first kappa shape index (κ1) is 14.3. The molecule has 0 bridgehead atoms. The number of ether oxygens (including phenoxy) is 1. The molecule has 0 spiro atoms. The fraction of sp³-hybridized carbons (Fsp3) is 0.545. The van der Waals surface area contributed by atoms with E-state index in [0.29, 0.717) is 10.6 Å². The minimum absolute atomic E-state index is 0. The Bertz CT molecular complexity index is 364. The van der Waals surface area contributed by atoms with E-state index in [4.69, 9.17) is 4.74 Å². The highest BCUT2D eigenvalue weighted by molar-refractivity contribution is 7.12. The highest BCUT2D eigenvalue weighted by Gasteiger charge is 2.19. The van der Waals surface area contributed by atoms with Gasteiger partial charge in [0.1, 0.15) is 10.6 Å². The molecule has 4 nitrogen and oxygen atoms in total. The third-order valence-electron chi connectivity index (χ3n) is 2.69. The van der Waals surface area contributed by atoms with Crippen LogP contribution in [0.1, 0.15) is 22.5 Å². The molecule has 0 aromatic carbocycles. The molecule has 96 valence electrons. The van der Waals surface area contributed by atoms with Crippen LogP contribution in [-0.4, -0.2) is 32.1 Å². The van der Waals surface area contributed by atoms with E-state index in [-0.39, 0.29) is 24.4 Å². The molecule has 1 aliphatic rings. The van der Waals surface area contributed by atoms with Gasteiger partial charge >= 0.3 is 0 Å². The quantitative estimate of drug-likeness (QED) is 0.883. The molecular formula is C11H17ClN2O2S. The van der Waals surface area contributed by atoms with Crippen LogP contribution < -0.4 is 15.4 Å². The summed E-state index contributed by atoms with van der Waals surface area (Å²) in [5, 5.41) is 8.16. The van der Waals surface area contributed by atoms with Gasteiger partial charge < -0.3 is 15.4 Å². The molecule has 2 heterocycles. The Morgan fingerprint density at radius 1 is 1.65 bits per heavy atom. The highest BCUT2D eigenvalue weighted by atomic mass is 35.5. The summed E-state index contributed by atoms with van der Waals surface area (Å²) in [6.07, 6.45) is 2.17. The van der Waals surface area contributed by atoms with Gasteiger partial charge in [-0.25, -0.2) is 0 Å². The molecule has 1 amide bonds. The zero-order chi connectivity index (χ0) is 11.4. The molecule has 0 radical (unpaired) electrons. The molecule has 1 aliphatic heterocycles. The predicted molar refractivity (Wildman–Crippen MR) is 71.5 cm³/mol. The van der Waals surface area contributed by atoms with Gasteiger partial charge in [0.25, 0.3) is 5.91 Å². The van der Waals surface area contributed by atoms with Crippen molar-refractivity contribution >= 4 is 29.7 Å². The minimum Gasteiger partial charge on any atom is -0.495 e. The normalized spacial score (nSPS) is 19.2. The summed E-state index contributed by atoms with van der Waals surface area (Å²) >= 11 is 1.41. The molecular weight excluding hydrogens is 260 g/mol. The van der Waals surface area contributed by atoms with Crippen LogP contribution in [0.3, 0.4) is 0 Å². The molecule has 6 heteroatoms. The van der Waals surface area contributed by atoms with Crippen molar-refractivity contribution in [2.75, 3.05) is 20.2 Å². The van der Waals surface area contributed by atoms with E-state index in [1.807, 2.05) is 11.4 Å². The number of methoxy groups -OCH3 is 1. The zero-order valence-corrected chi connectivity index (χ0v) is 11.3. The lowest BCUT2D eigenvalue weighted by Gasteiger charge is -2.23. The monoisotopic (exact) mass is 276 g/mol. The Kier molecular flexibility index (Phi) is 5.74. The van der Waals surface area contributed by atoms with Gasteiger partial charge in [0.2, 0.25) is 0 Å². The number of amides is 1. The maximum absolute atomic E-state index is 11.9. The fourth-order valence-electron chi connectivity index (χ4n) is 1.85. The SMILES string of the molecule is COc1ccsc1C(=O)N[C@H]1CCCNC1.Cl. The summed E-state index contributed by atoms with van der Waals surface area (Å²) in [7, 11) is 1.58. The van der Waals surface area contributed by atoms with Crippen molar-refractivity contribution in [3.63, 3.8) is 0 Å². The first-order valence-corrected chi connectivity index (χ1v) is 6.32. The molecule has 0 aliphatic carbocycles. The molecule has 0 saturated carbocycles. The number of nitrogens with one attached hydrogen (secondary N) is 2. The number of hydrogen-bond acceptors (Lipinski definition) is 4. The van der Waals surface area contributed by atoms with Crippen LogP contribution in [0.4, 0.5) is 0 Å². The van der Waals surface area contributed by atoms with Crippen molar-refractivity contribution in [1.29, 1.82) is 0 Å². The van der Waals surface area contributed by atoms with Gasteiger partial charge in [0.15, 0.2) is 0 Å². The topological polar surface area (TPSA) is 50.4 Å². The Labute approximate surface area is 111 Å². The lowest BCUT2D eigenvalue weighted by atomic mass is 10.1. The summed E-state index contributed by atoms with van der Waals surface area (Å²) in [6, 6.07) is 2.06. The highest BCUT2D eigenvalue weighted by Crippen LogP contribution is 2.24. The number of thiophene rings is 1. The Hall–Kier alpha value is -0.780. The lowest BCUT2D eigenvalue weighted by Crippen LogP contribution is -2.45. The second kappa shape index (κ2) is 6.83. The Morgan fingerprint density at radius 3 is 3.12 bits per heavy atom. The van der Waals surface area contributed by atoms with Crippen molar-refractivity contribution in [2.24, 2.45) is 0 Å². The van der Waals surface area contributed by atoms with Crippen molar-refractivity contribution < 1.29 is 9.53 Å². The van der Waals surface area contributed by atoms with Gasteiger partial charge in [0.05, 0.1) is 7.11 Å². The molecule has 1 saturated heterocycles. The molecule has 2 rings (SSSR count). The maximum atomic E-state index is 11.9. The first-order chi connectivity index (χ1) is 7.81. The molecule has 1 atom stereocenters. The zero-order valence-electron chi connectivity index (χ0n) is 9.69. The molecule has 1 aromatic heterocycles. The van der Waals surface area contributed by atoms with Crippen molar-refractivity contribution in [1.82, 2.24) is 10.6 Å². The molecule has 1 aromatic rings. The summed E-state index contributed by atoms with van der Waals surface area (Å²) in [6.45, 7) is 1.91. The number of hydrogen-bond donors (Lipinski definition) is 2. The summed E-state index contributed by atoms with van der Waals surface area (Å²) in [4.78, 5) is 12.6. The van der Waals surface area contributed by atoms with Gasteiger partial charge in [0, 0.05) is 12.6 Å². The van der Waals surface area contributed by atoms with Crippen LogP contribution in [0.25, 0.3) is 0 Å². The fourth-order valence-corrected chi connectivity index (χ4v) is 2.61. The molecule has 0 unspecified atom stereocenters. The van der Waals surface area contributed by atoms with Gasteiger partial charge in [-0.05, 0) is 30.8 Å². The van der Waals surface area contributed by atoms with E-state index < -0.39 is 0 Å². The van der Waals surface area contributed by atoms with E-state index in [2.05, 4.69) is 10.6 Å². The first-order valence-electron chi connectivity index (χ1n) is 5.44. The third-order valence-corrected chi connectivity index (χ3v) is 3.58. The van der Waals surface area contributed by atoms with E-state index >= 15 is 0 Å². The van der Waals surface area contributed by atoms with Crippen molar-refractivity contribution in [3.8, 4) is 5.75 Å². The number of carbonyl (C=O) groups is 1. The molecule has 1 fully saturated rings. The van der Waals surface area contributed by atoms with Crippen LogP contribution in [0.5, 0.6) is 5.75 Å². The average Bonchev–Trinajstić information content (AvgIpc) is 2.78. The van der Waals surface area contributed by atoms with E-state index in [1.165, 1.54) is 11.3 Å². The standard InChI is InChI=1S/C11H16N2O2S.ClH/c1-15-9-4-6-16-10(9)11(14)13-8-3-2-5-12-7-8;/h4,6,8,12H,2-3,5,7H2,1H3,(H,13,14);1H/t8-;/m0./s1. The average molecular weight is 277 g/mol. The second-order valence-electron chi connectivity index (χ2n) is 3.83. The number of piperidine rings is 1. The number of carbonyl (C=O) groups excluding carboxylic acids is 1. The Morgan fingerprint density at radius 2 is 2.47 bits per heavy atom. The van der Waals surface area contributed by atoms with Crippen molar-refractivity contribution in [2.45, 2.75) is 18.9 Å². The number of halogens is 1. The van der Waals surface area contributed by atoms with Crippen molar-refractivity contribution in [3.05, 3.63) is 16.3 Å². The molecule has 17 heavy (non-hydrogen) atoms. The van der Waals surface area contributed by atoms with Gasteiger partial charge in [-0.15, -0.1) is 23.7 Å². The van der Waals surface area contributed by atoms with E-state index in [0.717, 1.165) is 25.9 Å². The molecule has 2 N–H and O–H groups in total. The van der Waals surface area contributed by atoms with E-state index in [9.17, 15) is 4.79 Å². The van der Waals surface area contributed by atoms with Crippen LogP contribution >= 0.6 is 23.7 Å². The van der Waals surface area contributed by atoms with Crippen LogP contribution in [0.2, 0.25) is 0 Å². The van der Waals surface area contributed by atoms with Gasteiger partial charge in [-0.2, -0.15) is 0 Å². The summed E-state index contributed by atoms with van der Waals surface area (Å²) in [5.41, 5.74) is 0. The van der Waals surface area contributed by atoms with Crippen LogP contribution in [-0.2, 0) is 0 Å². The minimum atomic E-state index is -0.0273. The lowest BCUT2D eigenvalue weighted by molar-refractivity contribution is 0.0932. The van der Waals surface area contributed by atoms with E-state index in [1.54, 1.807) is 7.11 Å². The van der Waals surface area contributed by atoms with Gasteiger partial charge in [-0.1, -0.05) is 0 Å². The number of rotatable bonds is 3. The summed E-state index contributed by atoms with van der Waals surface area (Å²) < 4.78 is 5.13. The van der Waals surface area contributed by atoms with Gasteiger partial charge in [-0.3, -0.25) is 4.79 Å². The predicted octanol–water partition coefficient (Wildman–Crippen LogP) is 1.66. The second-order valence-corrected chi connectivity index (χ2v) is 4.75. The largest absolute Gasteiger partial charge is 0.495 e. The smallest absolute Gasteiger partial charge is 0.265 e. The summed E-state index contributed by atoms with van der Waals surface area (Å²) in [5.74, 6) is 0.631. The Balaban J connectivity index is 0.00000144. The van der Waals surface area contributed by atoms with Crippen LogP contribution in [0, 0.1) is 0 Å². The third kappa shape index (κ3) is 3.59. The maximum Gasteiger partial charge on any atom is 0.265 e. The van der Waals surface area contributed by atoms with Crippen LogP contribution in [0.15, 0.2) is 11.4 Å².